The highest BCUT2D eigenvalue weighted by Gasteiger charge is 2.28. The van der Waals surface area contributed by atoms with Gasteiger partial charge in [-0.1, -0.05) is 24.3 Å². The summed E-state index contributed by atoms with van der Waals surface area (Å²) >= 11 is 0. The summed E-state index contributed by atoms with van der Waals surface area (Å²) in [6.07, 6.45) is 10.5. The fraction of sp³-hybridized carbons (Fsp3) is 0.636. The van der Waals surface area contributed by atoms with Crippen molar-refractivity contribution in [3.05, 3.63) is 24.3 Å². The van der Waals surface area contributed by atoms with Gasteiger partial charge in [-0.15, -0.1) is 0 Å². The molecule has 4 heteroatoms. The van der Waals surface area contributed by atoms with Crippen LogP contribution < -0.4 is 0 Å². The Morgan fingerprint density at radius 2 is 1.60 bits per heavy atom. The van der Waals surface area contributed by atoms with E-state index in [9.17, 15) is 0 Å². The highest BCUT2D eigenvalue weighted by atomic mass is 31.2. The molecule has 0 spiro atoms. The minimum Gasteiger partial charge on any atom is -0.309 e. The number of rotatable bonds is 8. The van der Waals surface area contributed by atoms with Crippen LogP contribution in [-0.2, 0) is 13.6 Å². The number of allylic oxidation sites excluding steroid dienone is 2. The van der Waals surface area contributed by atoms with Gasteiger partial charge in [-0.05, 0) is 26.7 Å². The van der Waals surface area contributed by atoms with Gasteiger partial charge < -0.3 is 13.6 Å². The predicted molar refractivity (Wildman–Crippen MR) is 62.6 cm³/mol. The zero-order valence-corrected chi connectivity index (χ0v) is 10.3. The second-order valence-electron chi connectivity index (χ2n) is 3.26. The molecule has 0 aromatic carbocycles. The van der Waals surface area contributed by atoms with Crippen LogP contribution in [0.1, 0.15) is 26.7 Å². The van der Waals surface area contributed by atoms with Crippen molar-refractivity contribution >= 4 is 8.60 Å². The van der Waals surface area contributed by atoms with Crippen LogP contribution in [0, 0.1) is 0 Å². The molecule has 1 aliphatic carbocycles. The molecule has 0 amide bonds. The second-order valence-corrected chi connectivity index (χ2v) is 4.43. The summed E-state index contributed by atoms with van der Waals surface area (Å²) < 4.78 is 16.6. The van der Waals surface area contributed by atoms with Crippen LogP contribution in [0.25, 0.3) is 0 Å². The van der Waals surface area contributed by atoms with Gasteiger partial charge >= 0.3 is 8.60 Å². The Hall–Kier alpha value is -0.210. The summed E-state index contributed by atoms with van der Waals surface area (Å²) in [6.45, 7) is 5.05. The average molecular weight is 230 g/mol. The van der Waals surface area contributed by atoms with Gasteiger partial charge in [0.1, 0.15) is 0 Å². The van der Waals surface area contributed by atoms with E-state index in [2.05, 4.69) is 0 Å². The Bertz CT molecular complexity index is 196. The normalized spacial score (nSPS) is 17.3. The molecule has 1 rings (SSSR count). The highest BCUT2D eigenvalue weighted by molar-refractivity contribution is 7.41. The minimum absolute atomic E-state index is 0.368. The maximum Gasteiger partial charge on any atom is 0.333 e. The second kappa shape index (κ2) is 8.00. The minimum atomic E-state index is -1.16. The molecule has 3 nitrogen and oxygen atoms in total. The molecule has 1 fully saturated rings. The standard InChI is InChI=1S/C11H19O3P/c1-3-5-9-12-15(13-10-6-4-2)14-11-7-8-11/h3-6,11H,7-10H2,1-2H3/b5-3+,6-4+. The zero-order valence-electron chi connectivity index (χ0n) is 9.39. The predicted octanol–water partition coefficient (Wildman–Crippen LogP) is 3.58. The topological polar surface area (TPSA) is 27.7 Å². The zero-order chi connectivity index (χ0) is 10.9. The SMILES string of the molecule is C/C=C/COP(OC/C=C/C)OC1CC1. The van der Waals surface area contributed by atoms with Gasteiger partial charge in [0.05, 0.1) is 19.3 Å². The van der Waals surface area contributed by atoms with E-state index in [1.54, 1.807) is 0 Å². The van der Waals surface area contributed by atoms with Crippen LogP contribution in [0.2, 0.25) is 0 Å². The first kappa shape index (κ1) is 12.9. The Balaban J connectivity index is 2.17. The van der Waals surface area contributed by atoms with E-state index in [0.29, 0.717) is 19.3 Å². The van der Waals surface area contributed by atoms with Crippen LogP contribution in [0.4, 0.5) is 0 Å². The van der Waals surface area contributed by atoms with Crippen molar-refractivity contribution in [3.63, 3.8) is 0 Å². The van der Waals surface area contributed by atoms with Gasteiger partial charge in [0, 0.05) is 0 Å². The maximum atomic E-state index is 5.61. The van der Waals surface area contributed by atoms with Crippen molar-refractivity contribution in [2.75, 3.05) is 13.2 Å². The third-order valence-corrected chi connectivity index (χ3v) is 2.97. The lowest BCUT2D eigenvalue weighted by Gasteiger charge is -2.14. The molecule has 0 bridgehead atoms. The van der Waals surface area contributed by atoms with Crippen LogP contribution in [0.3, 0.4) is 0 Å². The molecule has 0 saturated heterocycles. The van der Waals surface area contributed by atoms with Crippen molar-refractivity contribution in [1.29, 1.82) is 0 Å². The highest BCUT2D eigenvalue weighted by Crippen LogP contribution is 2.45. The molecule has 1 aliphatic rings. The van der Waals surface area contributed by atoms with E-state index in [-0.39, 0.29) is 0 Å². The molecule has 0 N–H and O–H groups in total. The van der Waals surface area contributed by atoms with Crippen molar-refractivity contribution in [2.45, 2.75) is 32.8 Å². The Morgan fingerprint density at radius 1 is 1.07 bits per heavy atom. The average Bonchev–Trinajstić information content (AvgIpc) is 3.02. The fourth-order valence-electron chi connectivity index (χ4n) is 0.794. The molecule has 0 aromatic heterocycles. The van der Waals surface area contributed by atoms with Gasteiger partial charge in [-0.25, -0.2) is 0 Å². The fourth-order valence-corrected chi connectivity index (χ4v) is 1.86. The first-order chi connectivity index (χ1) is 7.36. The van der Waals surface area contributed by atoms with E-state index in [1.165, 1.54) is 0 Å². The number of hydrogen-bond donors (Lipinski definition) is 0. The largest absolute Gasteiger partial charge is 0.333 e. The first-order valence-corrected chi connectivity index (χ1v) is 6.41. The number of hydrogen-bond acceptors (Lipinski definition) is 3. The molecular weight excluding hydrogens is 211 g/mol. The summed E-state index contributed by atoms with van der Waals surface area (Å²) in [5.41, 5.74) is 0. The monoisotopic (exact) mass is 230 g/mol. The first-order valence-electron chi connectivity index (χ1n) is 5.32. The van der Waals surface area contributed by atoms with Gasteiger partial charge in [-0.2, -0.15) is 0 Å². The summed E-state index contributed by atoms with van der Waals surface area (Å²) in [5.74, 6) is 0. The quantitative estimate of drug-likeness (QED) is 0.471. The third-order valence-electron chi connectivity index (χ3n) is 1.78. The van der Waals surface area contributed by atoms with Gasteiger partial charge in [0.25, 0.3) is 0 Å². The Labute approximate surface area is 93.1 Å². The molecular formula is C11H19O3P. The summed E-state index contributed by atoms with van der Waals surface area (Å²) in [6, 6.07) is 0. The molecule has 0 heterocycles. The maximum absolute atomic E-state index is 5.61. The van der Waals surface area contributed by atoms with E-state index < -0.39 is 8.60 Å². The molecule has 0 aromatic rings. The molecule has 0 aliphatic heterocycles. The summed E-state index contributed by atoms with van der Waals surface area (Å²) in [7, 11) is -1.16. The Morgan fingerprint density at radius 3 is 2.00 bits per heavy atom. The summed E-state index contributed by atoms with van der Waals surface area (Å²) in [4.78, 5) is 0. The molecule has 0 radical (unpaired) electrons. The smallest absolute Gasteiger partial charge is 0.309 e. The van der Waals surface area contributed by atoms with E-state index in [4.69, 9.17) is 13.6 Å². The lowest BCUT2D eigenvalue weighted by atomic mass is 10.6. The van der Waals surface area contributed by atoms with Crippen LogP contribution >= 0.6 is 8.60 Å². The molecule has 86 valence electrons. The molecule has 0 unspecified atom stereocenters. The van der Waals surface area contributed by atoms with Crippen molar-refractivity contribution < 1.29 is 13.6 Å². The molecule has 0 atom stereocenters. The van der Waals surface area contributed by atoms with Gasteiger partial charge in [0.2, 0.25) is 0 Å². The summed E-state index contributed by atoms with van der Waals surface area (Å²) in [5, 5.41) is 0. The van der Waals surface area contributed by atoms with Crippen molar-refractivity contribution in [3.8, 4) is 0 Å². The van der Waals surface area contributed by atoms with E-state index in [0.717, 1.165) is 12.8 Å². The molecule has 15 heavy (non-hydrogen) atoms. The van der Waals surface area contributed by atoms with E-state index >= 15 is 0 Å². The van der Waals surface area contributed by atoms with Gasteiger partial charge in [0.15, 0.2) is 0 Å². The van der Waals surface area contributed by atoms with Crippen LogP contribution in [0.15, 0.2) is 24.3 Å². The van der Waals surface area contributed by atoms with Crippen molar-refractivity contribution in [1.82, 2.24) is 0 Å². The lowest BCUT2D eigenvalue weighted by molar-refractivity contribution is 0.174. The van der Waals surface area contributed by atoms with Gasteiger partial charge in [-0.3, -0.25) is 0 Å². The van der Waals surface area contributed by atoms with Crippen LogP contribution in [-0.4, -0.2) is 19.3 Å². The Kier molecular flexibility index (Phi) is 6.86. The molecule has 1 saturated carbocycles. The lowest BCUT2D eigenvalue weighted by Crippen LogP contribution is -1.97. The van der Waals surface area contributed by atoms with Crippen molar-refractivity contribution in [2.24, 2.45) is 0 Å². The van der Waals surface area contributed by atoms with Crippen LogP contribution in [0.5, 0.6) is 0 Å². The van der Waals surface area contributed by atoms with E-state index in [1.807, 2.05) is 38.2 Å². The third kappa shape index (κ3) is 6.80.